The molecule has 0 radical (unpaired) electrons. The number of amides is 2. The molecule has 0 saturated heterocycles. The van der Waals surface area contributed by atoms with Gasteiger partial charge >= 0.3 is 0 Å². The highest BCUT2D eigenvalue weighted by molar-refractivity contribution is 7.14. The van der Waals surface area contributed by atoms with Crippen LogP contribution in [0.5, 0.6) is 0 Å². The third kappa shape index (κ3) is 4.32. The number of rotatable bonds is 4. The van der Waals surface area contributed by atoms with Crippen molar-refractivity contribution in [3.63, 3.8) is 0 Å². The summed E-state index contributed by atoms with van der Waals surface area (Å²) >= 11 is 1.01. The average Bonchev–Trinajstić information content (AvgIpc) is 3.04. The molecule has 0 unspecified atom stereocenters. The van der Waals surface area contributed by atoms with Gasteiger partial charge in [0.15, 0.2) is 5.13 Å². The lowest BCUT2D eigenvalue weighted by Gasteiger charge is -2.05. The molecule has 0 aliphatic rings. The molecule has 27 heavy (non-hydrogen) atoms. The van der Waals surface area contributed by atoms with Gasteiger partial charge in [0.1, 0.15) is 17.5 Å². The van der Waals surface area contributed by atoms with E-state index in [1.165, 1.54) is 24.4 Å². The zero-order valence-electron chi connectivity index (χ0n) is 13.8. The first kappa shape index (κ1) is 18.6. The van der Waals surface area contributed by atoms with Crippen LogP contribution in [0.2, 0.25) is 0 Å². The van der Waals surface area contributed by atoms with Gasteiger partial charge in [-0.1, -0.05) is 0 Å². The number of benzene rings is 2. The molecule has 0 atom stereocenters. The Hall–Kier alpha value is -3.20. The number of halogens is 3. The van der Waals surface area contributed by atoms with E-state index >= 15 is 0 Å². The van der Waals surface area contributed by atoms with E-state index in [2.05, 4.69) is 15.6 Å². The predicted octanol–water partition coefficient (Wildman–Crippen LogP) is 4.44. The summed E-state index contributed by atoms with van der Waals surface area (Å²) in [5, 5.41) is 6.43. The fraction of sp³-hybridized carbons (Fsp3) is 0.0556. The van der Waals surface area contributed by atoms with E-state index in [0.717, 1.165) is 35.6 Å². The molecular formula is C18H12F3N3O2S. The molecule has 0 saturated carbocycles. The van der Waals surface area contributed by atoms with Crippen molar-refractivity contribution < 1.29 is 22.8 Å². The summed E-state index contributed by atoms with van der Waals surface area (Å²) in [6.45, 7) is 1.31. The number of anilines is 2. The molecular weight excluding hydrogens is 379 g/mol. The number of thiazole rings is 1. The van der Waals surface area contributed by atoms with E-state index in [1.807, 2.05) is 0 Å². The van der Waals surface area contributed by atoms with Crippen LogP contribution < -0.4 is 10.6 Å². The average molecular weight is 391 g/mol. The second kappa shape index (κ2) is 7.58. The second-order valence-electron chi connectivity index (χ2n) is 5.49. The minimum Gasteiger partial charge on any atom is -0.326 e. The summed E-state index contributed by atoms with van der Waals surface area (Å²) in [6, 6.07) is 6.63. The maximum Gasteiger partial charge on any atom is 0.260 e. The quantitative estimate of drug-likeness (QED) is 0.691. The van der Waals surface area contributed by atoms with E-state index in [9.17, 15) is 22.8 Å². The van der Waals surface area contributed by atoms with Crippen molar-refractivity contribution in [2.45, 2.75) is 6.92 Å². The van der Waals surface area contributed by atoms with E-state index < -0.39 is 28.9 Å². The predicted molar refractivity (Wildman–Crippen MR) is 96.1 cm³/mol. The molecule has 0 fully saturated rings. The van der Waals surface area contributed by atoms with Crippen molar-refractivity contribution in [2.75, 3.05) is 10.6 Å². The Morgan fingerprint density at radius 2 is 1.78 bits per heavy atom. The number of hydrogen-bond acceptors (Lipinski definition) is 4. The van der Waals surface area contributed by atoms with Crippen molar-refractivity contribution >= 4 is 34.0 Å². The van der Waals surface area contributed by atoms with Crippen LogP contribution in [0.4, 0.5) is 24.0 Å². The Bertz CT molecular complexity index is 1040. The van der Waals surface area contributed by atoms with Crippen molar-refractivity contribution in [1.82, 2.24) is 4.98 Å². The van der Waals surface area contributed by atoms with Gasteiger partial charge in [0.25, 0.3) is 5.91 Å². The largest absolute Gasteiger partial charge is 0.326 e. The van der Waals surface area contributed by atoms with E-state index in [0.29, 0.717) is 5.69 Å². The van der Waals surface area contributed by atoms with Crippen LogP contribution in [0, 0.1) is 17.5 Å². The monoisotopic (exact) mass is 391 g/mol. The zero-order valence-corrected chi connectivity index (χ0v) is 14.7. The number of carbonyl (C=O) groups excluding carboxylic acids is 2. The molecule has 2 amide bonds. The molecule has 3 rings (SSSR count). The third-order valence-electron chi connectivity index (χ3n) is 3.46. The first-order chi connectivity index (χ1) is 12.8. The maximum absolute atomic E-state index is 14.3. The summed E-state index contributed by atoms with van der Waals surface area (Å²) in [4.78, 5) is 27.2. The van der Waals surface area contributed by atoms with Crippen molar-refractivity contribution in [1.29, 1.82) is 0 Å². The van der Waals surface area contributed by atoms with Crippen LogP contribution in [0.3, 0.4) is 0 Å². The van der Waals surface area contributed by atoms with Crippen LogP contribution in [0.25, 0.3) is 11.3 Å². The highest BCUT2D eigenvalue weighted by Gasteiger charge is 2.16. The number of carbonyl (C=O) groups is 2. The van der Waals surface area contributed by atoms with Crippen molar-refractivity contribution in [2.24, 2.45) is 0 Å². The van der Waals surface area contributed by atoms with Crippen molar-refractivity contribution in [3.8, 4) is 11.3 Å². The Labute approximate surface area is 155 Å². The summed E-state index contributed by atoms with van der Waals surface area (Å²) in [5.41, 5.74) is 0.256. The molecule has 0 spiro atoms. The van der Waals surface area contributed by atoms with Crippen molar-refractivity contribution in [3.05, 3.63) is 64.8 Å². The van der Waals surface area contributed by atoms with Gasteiger partial charge in [-0.3, -0.25) is 14.9 Å². The Morgan fingerprint density at radius 3 is 2.48 bits per heavy atom. The van der Waals surface area contributed by atoms with Gasteiger partial charge in [-0.2, -0.15) is 0 Å². The minimum atomic E-state index is -0.870. The first-order valence-electron chi connectivity index (χ1n) is 7.63. The molecule has 2 aromatic carbocycles. The smallest absolute Gasteiger partial charge is 0.260 e. The standard InChI is InChI=1S/C18H12F3N3O2S/c1-9(25)22-11-3-4-12(15(21)7-11)16-8-27-18(23-16)24-17(26)13-6-10(19)2-5-14(13)20/h2-8H,1H3,(H,22,25)(H,23,24,26). The third-order valence-corrected chi connectivity index (χ3v) is 4.22. The molecule has 0 bridgehead atoms. The van der Waals surface area contributed by atoms with Crippen LogP contribution >= 0.6 is 11.3 Å². The zero-order chi connectivity index (χ0) is 19.6. The minimum absolute atomic E-state index is 0.101. The maximum atomic E-state index is 14.3. The fourth-order valence-electron chi connectivity index (χ4n) is 2.29. The Morgan fingerprint density at radius 1 is 1.00 bits per heavy atom. The van der Waals surface area contributed by atoms with Crippen LogP contribution in [0.1, 0.15) is 17.3 Å². The number of hydrogen-bond donors (Lipinski definition) is 2. The highest BCUT2D eigenvalue weighted by atomic mass is 32.1. The SMILES string of the molecule is CC(=O)Nc1ccc(-c2csc(NC(=O)c3cc(F)ccc3F)n2)c(F)c1. The van der Waals surface area contributed by atoms with Crippen LogP contribution in [0.15, 0.2) is 41.8 Å². The van der Waals surface area contributed by atoms with Gasteiger partial charge in [-0.15, -0.1) is 11.3 Å². The summed E-state index contributed by atoms with van der Waals surface area (Å²) in [6.07, 6.45) is 0. The summed E-state index contributed by atoms with van der Waals surface area (Å²) < 4.78 is 41.1. The first-order valence-corrected chi connectivity index (χ1v) is 8.51. The van der Waals surface area contributed by atoms with E-state index in [4.69, 9.17) is 0 Å². The Balaban J connectivity index is 1.80. The summed E-state index contributed by atoms with van der Waals surface area (Å²) in [7, 11) is 0. The molecule has 9 heteroatoms. The topological polar surface area (TPSA) is 71.1 Å². The molecule has 1 aromatic heterocycles. The highest BCUT2D eigenvalue weighted by Crippen LogP contribution is 2.29. The molecule has 138 valence electrons. The number of aromatic nitrogens is 1. The number of nitrogens with one attached hydrogen (secondary N) is 2. The molecule has 5 nitrogen and oxygen atoms in total. The molecule has 0 aliphatic carbocycles. The van der Waals surface area contributed by atoms with E-state index in [1.54, 1.807) is 0 Å². The normalized spacial score (nSPS) is 10.5. The van der Waals surface area contributed by atoms with Crippen LogP contribution in [-0.2, 0) is 4.79 Å². The lowest BCUT2D eigenvalue weighted by atomic mass is 10.1. The van der Waals surface area contributed by atoms with Gasteiger partial charge < -0.3 is 5.32 Å². The van der Waals surface area contributed by atoms with Gasteiger partial charge in [0.2, 0.25) is 5.91 Å². The number of nitrogens with zero attached hydrogens (tertiary/aromatic N) is 1. The molecule has 2 N–H and O–H groups in total. The van der Waals surface area contributed by atoms with Gasteiger partial charge in [-0.05, 0) is 36.4 Å². The molecule has 1 heterocycles. The van der Waals surface area contributed by atoms with E-state index in [-0.39, 0.29) is 22.3 Å². The molecule has 0 aliphatic heterocycles. The van der Waals surface area contributed by atoms with Gasteiger partial charge in [-0.25, -0.2) is 18.2 Å². The molecule has 3 aromatic rings. The lowest BCUT2D eigenvalue weighted by molar-refractivity contribution is -0.114. The van der Waals surface area contributed by atoms with Crippen LogP contribution in [-0.4, -0.2) is 16.8 Å². The fourth-order valence-corrected chi connectivity index (χ4v) is 3.00. The van der Waals surface area contributed by atoms with Gasteiger partial charge in [0.05, 0.1) is 11.3 Å². The Kier molecular flexibility index (Phi) is 5.22. The summed E-state index contributed by atoms with van der Waals surface area (Å²) in [5.74, 6) is -3.42. The van der Waals surface area contributed by atoms with Gasteiger partial charge in [0, 0.05) is 23.6 Å². The second-order valence-corrected chi connectivity index (χ2v) is 6.35. The lowest BCUT2D eigenvalue weighted by Crippen LogP contribution is -2.14.